The minimum Gasteiger partial charge on any atom is -0.478 e. The van der Waals surface area contributed by atoms with E-state index >= 15 is 0 Å². The molecule has 0 saturated carbocycles. The Morgan fingerprint density at radius 2 is 2.29 bits per heavy atom. The maximum atomic E-state index is 10.7. The average molecular weight is 197 g/mol. The minimum atomic E-state index is -0.850. The molecule has 0 aromatic carbocycles. The number of Topliss-reactive ketones (excluding diaryl/α,β-unsaturated/α-hetero) is 1. The van der Waals surface area contributed by atoms with Crippen molar-refractivity contribution in [1.82, 2.24) is 4.90 Å². The fraction of sp³-hybridized carbons (Fsp3) is 0.600. The molecule has 4 heteroatoms. The quantitative estimate of drug-likeness (QED) is 0.720. The second-order valence-corrected chi connectivity index (χ2v) is 3.55. The summed E-state index contributed by atoms with van der Waals surface area (Å²) in [6.45, 7) is 3.53. The molecule has 0 unspecified atom stereocenters. The molecule has 0 aromatic rings. The Morgan fingerprint density at radius 1 is 1.57 bits per heavy atom. The van der Waals surface area contributed by atoms with Crippen molar-refractivity contribution in [2.75, 3.05) is 19.6 Å². The number of rotatable bonds is 4. The molecule has 14 heavy (non-hydrogen) atoms. The van der Waals surface area contributed by atoms with Crippen LogP contribution in [0.1, 0.15) is 19.8 Å². The predicted molar refractivity (Wildman–Crippen MR) is 52.1 cm³/mol. The molecule has 78 valence electrons. The summed E-state index contributed by atoms with van der Waals surface area (Å²) in [4.78, 5) is 23.4. The standard InChI is InChI=1S/C10H15NO3/c1-8(12)4-6-11-5-2-3-9(7-11)10(13)14/h3H,2,4-7H2,1H3,(H,13,14). The first kappa shape index (κ1) is 10.9. The van der Waals surface area contributed by atoms with E-state index in [-0.39, 0.29) is 5.78 Å². The molecule has 1 N–H and O–H groups in total. The number of carbonyl (C=O) groups excluding carboxylic acids is 1. The van der Waals surface area contributed by atoms with Crippen LogP contribution >= 0.6 is 0 Å². The highest BCUT2D eigenvalue weighted by molar-refractivity contribution is 5.87. The smallest absolute Gasteiger partial charge is 0.332 e. The van der Waals surface area contributed by atoms with Crippen LogP contribution in [0.25, 0.3) is 0 Å². The zero-order valence-electron chi connectivity index (χ0n) is 8.32. The summed E-state index contributed by atoms with van der Waals surface area (Å²) < 4.78 is 0. The third-order valence-corrected chi connectivity index (χ3v) is 2.28. The van der Waals surface area contributed by atoms with Gasteiger partial charge < -0.3 is 5.11 Å². The van der Waals surface area contributed by atoms with E-state index in [1.807, 2.05) is 4.90 Å². The van der Waals surface area contributed by atoms with Gasteiger partial charge in [0.15, 0.2) is 0 Å². The van der Waals surface area contributed by atoms with Gasteiger partial charge in [-0.05, 0) is 13.3 Å². The van der Waals surface area contributed by atoms with E-state index < -0.39 is 5.97 Å². The van der Waals surface area contributed by atoms with Crippen LogP contribution in [0.2, 0.25) is 0 Å². The second-order valence-electron chi connectivity index (χ2n) is 3.55. The Kier molecular flexibility index (Phi) is 3.83. The molecule has 0 spiro atoms. The molecule has 0 aromatic heterocycles. The molecular formula is C10H15NO3. The summed E-state index contributed by atoms with van der Waals surface area (Å²) in [7, 11) is 0. The molecule has 0 radical (unpaired) electrons. The van der Waals surface area contributed by atoms with E-state index in [4.69, 9.17) is 5.11 Å². The molecule has 0 aliphatic carbocycles. The summed E-state index contributed by atoms with van der Waals surface area (Å²) in [5.41, 5.74) is 0.444. The van der Waals surface area contributed by atoms with E-state index in [1.165, 1.54) is 0 Å². The molecule has 0 bridgehead atoms. The number of hydrogen-bond donors (Lipinski definition) is 1. The largest absolute Gasteiger partial charge is 0.478 e. The first-order valence-electron chi connectivity index (χ1n) is 4.73. The normalized spacial score (nSPS) is 17.6. The molecule has 0 fully saturated rings. The number of ketones is 1. The molecule has 0 atom stereocenters. The Morgan fingerprint density at radius 3 is 2.86 bits per heavy atom. The summed E-state index contributed by atoms with van der Waals surface area (Å²) in [6, 6.07) is 0. The number of carbonyl (C=O) groups is 2. The molecule has 4 nitrogen and oxygen atoms in total. The zero-order chi connectivity index (χ0) is 10.6. The molecule has 1 heterocycles. The van der Waals surface area contributed by atoms with Gasteiger partial charge in [0.25, 0.3) is 0 Å². The lowest BCUT2D eigenvalue weighted by molar-refractivity contribution is -0.133. The first-order valence-corrected chi connectivity index (χ1v) is 4.73. The molecule has 0 saturated heterocycles. The maximum absolute atomic E-state index is 10.7. The Labute approximate surface area is 83.2 Å². The number of nitrogens with zero attached hydrogens (tertiary/aromatic N) is 1. The van der Waals surface area contributed by atoms with Crippen LogP contribution in [-0.2, 0) is 9.59 Å². The third kappa shape index (κ3) is 3.30. The van der Waals surface area contributed by atoms with Crippen LogP contribution in [0.4, 0.5) is 0 Å². The van der Waals surface area contributed by atoms with Crippen molar-refractivity contribution >= 4 is 11.8 Å². The van der Waals surface area contributed by atoms with Gasteiger partial charge in [-0.25, -0.2) is 4.79 Å². The summed E-state index contributed by atoms with van der Waals surface area (Å²) in [5.74, 6) is -0.700. The Bertz CT molecular complexity index is 271. The van der Waals surface area contributed by atoms with Crippen molar-refractivity contribution in [3.05, 3.63) is 11.6 Å². The van der Waals surface area contributed by atoms with Crippen LogP contribution in [-0.4, -0.2) is 41.4 Å². The van der Waals surface area contributed by atoms with Gasteiger partial charge in [0, 0.05) is 31.6 Å². The number of hydrogen-bond acceptors (Lipinski definition) is 3. The lowest BCUT2D eigenvalue weighted by atomic mass is 10.1. The van der Waals surface area contributed by atoms with Crippen molar-refractivity contribution in [3.63, 3.8) is 0 Å². The molecule has 1 aliphatic rings. The van der Waals surface area contributed by atoms with Gasteiger partial charge >= 0.3 is 5.97 Å². The summed E-state index contributed by atoms with van der Waals surface area (Å²) >= 11 is 0. The fourth-order valence-electron chi connectivity index (χ4n) is 1.47. The van der Waals surface area contributed by atoms with Gasteiger partial charge in [-0.2, -0.15) is 0 Å². The Balaban J connectivity index is 2.41. The van der Waals surface area contributed by atoms with Crippen LogP contribution < -0.4 is 0 Å². The van der Waals surface area contributed by atoms with Crippen LogP contribution in [0.5, 0.6) is 0 Å². The van der Waals surface area contributed by atoms with Crippen LogP contribution in [0.3, 0.4) is 0 Å². The SMILES string of the molecule is CC(=O)CCN1CCC=C(C(=O)O)C1. The van der Waals surface area contributed by atoms with Crippen molar-refractivity contribution in [2.45, 2.75) is 19.8 Å². The number of carboxylic acids is 1. The average Bonchev–Trinajstić information content (AvgIpc) is 2.15. The van der Waals surface area contributed by atoms with E-state index in [0.717, 1.165) is 13.0 Å². The van der Waals surface area contributed by atoms with Gasteiger partial charge in [-0.1, -0.05) is 6.08 Å². The fourth-order valence-corrected chi connectivity index (χ4v) is 1.47. The van der Waals surface area contributed by atoms with Gasteiger partial charge in [0.1, 0.15) is 5.78 Å². The molecular weight excluding hydrogens is 182 g/mol. The Hall–Kier alpha value is -1.16. The zero-order valence-corrected chi connectivity index (χ0v) is 8.32. The van der Waals surface area contributed by atoms with Gasteiger partial charge in [0.2, 0.25) is 0 Å². The van der Waals surface area contributed by atoms with Gasteiger partial charge in [-0.15, -0.1) is 0 Å². The number of carboxylic acid groups (broad SMARTS) is 1. The second kappa shape index (κ2) is 4.91. The lowest BCUT2D eigenvalue weighted by Crippen LogP contribution is -2.33. The monoisotopic (exact) mass is 197 g/mol. The van der Waals surface area contributed by atoms with E-state index in [1.54, 1.807) is 13.0 Å². The molecule has 1 aliphatic heterocycles. The summed E-state index contributed by atoms with van der Waals surface area (Å²) in [6.07, 6.45) is 3.03. The van der Waals surface area contributed by atoms with Crippen molar-refractivity contribution in [2.24, 2.45) is 0 Å². The minimum absolute atomic E-state index is 0.149. The highest BCUT2D eigenvalue weighted by Gasteiger charge is 2.16. The van der Waals surface area contributed by atoms with Gasteiger partial charge in [-0.3, -0.25) is 9.69 Å². The number of aliphatic carboxylic acids is 1. The van der Waals surface area contributed by atoms with E-state index in [0.29, 0.717) is 25.1 Å². The van der Waals surface area contributed by atoms with Crippen molar-refractivity contribution in [1.29, 1.82) is 0 Å². The predicted octanol–water partition coefficient (Wildman–Crippen LogP) is 0.682. The van der Waals surface area contributed by atoms with Crippen molar-refractivity contribution < 1.29 is 14.7 Å². The highest BCUT2D eigenvalue weighted by Crippen LogP contribution is 2.09. The van der Waals surface area contributed by atoms with Crippen molar-refractivity contribution in [3.8, 4) is 0 Å². The topological polar surface area (TPSA) is 57.6 Å². The maximum Gasteiger partial charge on any atom is 0.332 e. The first-order chi connectivity index (χ1) is 6.59. The van der Waals surface area contributed by atoms with Crippen LogP contribution in [0.15, 0.2) is 11.6 Å². The third-order valence-electron chi connectivity index (χ3n) is 2.28. The van der Waals surface area contributed by atoms with E-state index in [2.05, 4.69) is 0 Å². The molecule has 0 amide bonds. The van der Waals surface area contributed by atoms with Crippen LogP contribution in [0, 0.1) is 0 Å². The van der Waals surface area contributed by atoms with Gasteiger partial charge in [0.05, 0.1) is 0 Å². The summed E-state index contributed by atoms with van der Waals surface area (Å²) in [5, 5.41) is 8.77. The van der Waals surface area contributed by atoms with E-state index in [9.17, 15) is 9.59 Å². The highest BCUT2D eigenvalue weighted by atomic mass is 16.4. The molecule has 1 rings (SSSR count). The lowest BCUT2D eigenvalue weighted by Gasteiger charge is -2.24.